The van der Waals surface area contributed by atoms with Crippen LogP contribution in [0, 0.1) is 0 Å². The van der Waals surface area contributed by atoms with E-state index in [-0.39, 0.29) is 0 Å². The van der Waals surface area contributed by atoms with Gasteiger partial charge in [0, 0.05) is 43.1 Å². The van der Waals surface area contributed by atoms with E-state index in [1.807, 2.05) is 18.2 Å². The zero-order valence-corrected chi connectivity index (χ0v) is 35.0. The van der Waals surface area contributed by atoms with Gasteiger partial charge in [-0.1, -0.05) is 170 Å². The van der Waals surface area contributed by atoms with Crippen molar-refractivity contribution in [2.45, 2.75) is 5.41 Å². The van der Waals surface area contributed by atoms with Gasteiger partial charge in [0.2, 0.25) is 0 Å². The zero-order valence-electron chi connectivity index (χ0n) is 34.1. The third-order valence-electron chi connectivity index (χ3n) is 14.2. The predicted molar refractivity (Wildman–Crippen MR) is 263 cm³/mol. The Balaban J connectivity index is 1.09. The Kier molecular flexibility index (Phi) is 7.03. The fourth-order valence-corrected chi connectivity index (χ4v) is 14.7. The fraction of sp³-hybridized carbons (Fsp3) is 0.0169. The molecule has 0 amide bonds. The first kappa shape index (κ1) is 34.9. The average Bonchev–Trinajstić information content (AvgIpc) is 3.87. The fourth-order valence-electron chi connectivity index (χ4n) is 11.6. The highest BCUT2D eigenvalue weighted by molar-refractivity contribution is 7.85. The minimum atomic E-state index is -3.38. The molecule has 1 spiro atoms. The molecule has 3 nitrogen and oxygen atoms in total. The van der Waals surface area contributed by atoms with Gasteiger partial charge in [-0.05, 0) is 98.8 Å². The molecule has 1 unspecified atom stereocenters. The number of hydrogen-bond acceptors (Lipinski definition) is 1. The SMILES string of the molecule is O=[P@]1(c2ccccc2)c2ccccc2C2(c3ccccc3-n3c4ccccc4c4cccc2c43)c2cc(-c3ccc4c(c3)c3ccccc3n4-c3ccc4ccccc4c3)ccc21. The van der Waals surface area contributed by atoms with Crippen molar-refractivity contribution in [2.24, 2.45) is 0 Å². The molecule has 294 valence electrons. The van der Waals surface area contributed by atoms with Crippen molar-refractivity contribution < 1.29 is 4.57 Å². The molecule has 4 heteroatoms. The molecule has 0 fully saturated rings. The lowest BCUT2D eigenvalue weighted by Crippen LogP contribution is -2.48. The normalized spacial score (nSPS) is 17.4. The molecule has 4 heterocycles. The molecule has 63 heavy (non-hydrogen) atoms. The van der Waals surface area contributed by atoms with Crippen LogP contribution in [0.2, 0.25) is 0 Å². The Morgan fingerprint density at radius 3 is 1.83 bits per heavy atom. The molecule has 0 aliphatic carbocycles. The van der Waals surface area contributed by atoms with E-state index in [4.69, 9.17) is 0 Å². The van der Waals surface area contributed by atoms with Gasteiger partial charge in [0.05, 0.1) is 33.2 Å². The van der Waals surface area contributed by atoms with Gasteiger partial charge in [0.25, 0.3) is 0 Å². The van der Waals surface area contributed by atoms with Gasteiger partial charge in [-0.3, -0.25) is 0 Å². The maximum Gasteiger partial charge on any atom is 0.171 e. The Morgan fingerprint density at radius 2 is 0.968 bits per heavy atom. The topological polar surface area (TPSA) is 26.9 Å². The van der Waals surface area contributed by atoms with E-state index in [2.05, 4.69) is 215 Å². The first-order chi connectivity index (χ1) is 31.1. The number of aromatic nitrogens is 2. The van der Waals surface area contributed by atoms with E-state index >= 15 is 4.57 Å². The number of rotatable bonds is 3. The van der Waals surface area contributed by atoms with Crippen molar-refractivity contribution in [2.75, 3.05) is 0 Å². The van der Waals surface area contributed by atoms with Crippen LogP contribution in [0.4, 0.5) is 0 Å². The summed E-state index contributed by atoms with van der Waals surface area (Å²) in [6.45, 7) is 0. The van der Waals surface area contributed by atoms with Gasteiger partial charge in [-0.2, -0.15) is 0 Å². The van der Waals surface area contributed by atoms with Crippen LogP contribution >= 0.6 is 7.14 Å². The second-order valence-corrected chi connectivity index (χ2v) is 19.8. The van der Waals surface area contributed by atoms with Crippen LogP contribution in [0.5, 0.6) is 0 Å². The van der Waals surface area contributed by atoms with Gasteiger partial charge >= 0.3 is 0 Å². The second kappa shape index (κ2) is 12.7. The molecule has 0 N–H and O–H groups in total. The first-order valence-electron chi connectivity index (χ1n) is 21.7. The van der Waals surface area contributed by atoms with Gasteiger partial charge < -0.3 is 13.7 Å². The molecule has 0 radical (unpaired) electrons. The Hall–Kier alpha value is -7.71. The van der Waals surface area contributed by atoms with E-state index in [0.29, 0.717) is 0 Å². The number of hydrogen-bond donors (Lipinski definition) is 0. The molecule has 10 aromatic carbocycles. The second-order valence-electron chi connectivity index (χ2n) is 17.1. The molecule has 2 aliphatic rings. The van der Waals surface area contributed by atoms with Crippen LogP contribution in [-0.2, 0) is 9.98 Å². The van der Waals surface area contributed by atoms with Crippen molar-refractivity contribution in [1.82, 2.24) is 9.13 Å². The highest BCUT2D eigenvalue weighted by Gasteiger charge is 2.54. The first-order valence-corrected chi connectivity index (χ1v) is 23.4. The predicted octanol–water partition coefficient (Wildman–Crippen LogP) is 13.3. The molecular weight excluding hydrogens is 784 g/mol. The number of nitrogens with zero attached hydrogens (tertiary/aromatic N) is 2. The largest absolute Gasteiger partial charge is 0.309 e. The molecule has 2 atom stereocenters. The number of fused-ring (bicyclic) bond motifs is 15. The summed E-state index contributed by atoms with van der Waals surface area (Å²) in [7, 11) is -3.38. The van der Waals surface area contributed by atoms with Gasteiger partial charge in [-0.15, -0.1) is 0 Å². The smallest absolute Gasteiger partial charge is 0.171 e. The number of benzene rings is 10. The van der Waals surface area contributed by atoms with Crippen molar-refractivity contribution in [1.29, 1.82) is 0 Å². The quantitative estimate of drug-likeness (QED) is 0.163. The van der Waals surface area contributed by atoms with Gasteiger partial charge in [-0.25, -0.2) is 0 Å². The van der Waals surface area contributed by atoms with Crippen molar-refractivity contribution in [3.63, 3.8) is 0 Å². The summed E-state index contributed by atoms with van der Waals surface area (Å²) in [5, 5.41) is 9.93. The lowest BCUT2D eigenvalue weighted by atomic mass is 9.62. The van der Waals surface area contributed by atoms with Crippen LogP contribution in [-0.4, -0.2) is 9.13 Å². The van der Waals surface area contributed by atoms with E-state index in [1.54, 1.807) is 0 Å². The zero-order chi connectivity index (χ0) is 41.4. The van der Waals surface area contributed by atoms with E-state index in [0.717, 1.165) is 55.1 Å². The minimum Gasteiger partial charge on any atom is -0.309 e. The monoisotopic (exact) mass is 820 g/mol. The van der Waals surface area contributed by atoms with Crippen molar-refractivity contribution in [3.8, 4) is 22.5 Å². The van der Waals surface area contributed by atoms with Crippen LogP contribution in [0.15, 0.2) is 224 Å². The maximum absolute atomic E-state index is 16.6. The lowest BCUT2D eigenvalue weighted by Gasteiger charge is -2.47. The maximum atomic E-state index is 16.6. The average molecular weight is 821 g/mol. The molecule has 12 aromatic rings. The minimum absolute atomic E-state index is 0.776. The van der Waals surface area contributed by atoms with Crippen LogP contribution in [0.25, 0.3) is 76.9 Å². The summed E-state index contributed by atoms with van der Waals surface area (Å²) in [6, 6.07) is 81.0. The van der Waals surface area contributed by atoms with Crippen LogP contribution < -0.4 is 15.9 Å². The van der Waals surface area contributed by atoms with E-state index in [9.17, 15) is 0 Å². The molecule has 0 saturated heterocycles. The van der Waals surface area contributed by atoms with E-state index < -0.39 is 12.6 Å². The van der Waals surface area contributed by atoms with Crippen molar-refractivity contribution >= 4 is 77.4 Å². The lowest BCUT2D eigenvalue weighted by molar-refractivity contribution is 0.590. The van der Waals surface area contributed by atoms with Gasteiger partial charge in [0.1, 0.15) is 0 Å². The molecule has 2 aromatic heterocycles. The third-order valence-corrected chi connectivity index (χ3v) is 17.3. The Bertz CT molecular complexity index is 3970. The molecular formula is C59H37N2OP. The molecule has 2 aliphatic heterocycles. The number of para-hydroxylation sites is 4. The Morgan fingerprint density at radius 1 is 0.365 bits per heavy atom. The van der Waals surface area contributed by atoms with Crippen LogP contribution in [0.3, 0.4) is 0 Å². The summed E-state index contributed by atoms with van der Waals surface area (Å²) >= 11 is 0. The van der Waals surface area contributed by atoms with Crippen molar-refractivity contribution in [3.05, 3.63) is 247 Å². The van der Waals surface area contributed by atoms with E-state index in [1.165, 1.54) is 60.0 Å². The summed E-state index contributed by atoms with van der Waals surface area (Å²) in [5.41, 5.74) is 13.0. The third kappa shape index (κ3) is 4.47. The highest BCUT2D eigenvalue weighted by atomic mass is 31.2. The Labute approximate surface area is 364 Å². The summed E-state index contributed by atoms with van der Waals surface area (Å²) in [4.78, 5) is 0. The molecule has 0 bridgehead atoms. The highest BCUT2D eigenvalue weighted by Crippen LogP contribution is 2.61. The molecule has 14 rings (SSSR count). The standard InChI is InChI=1S/C59H37N2OP/c62-63(43-17-2-1-3-18-43)56-28-13-9-23-49(56)59(48-22-8-12-27-55(48)61-53-26-11-6-19-44(53)46-21-14-24-50(59)58(46)61)51-37-41(31-34-57(51)63)40-30-33-54-47(36-40)45-20-7-10-25-52(45)60(54)42-32-29-38-15-4-5-16-39(38)35-42/h1-37H/t59?,63-/m1/s1. The van der Waals surface area contributed by atoms with Gasteiger partial charge in [0.15, 0.2) is 7.14 Å². The summed E-state index contributed by atoms with van der Waals surface area (Å²) in [5.74, 6) is 0. The summed E-state index contributed by atoms with van der Waals surface area (Å²) < 4.78 is 21.5. The summed E-state index contributed by atoms with van der Waals surface area (Å²) in [6.07, 6.45) is 0. The van der Waals surface area contributed by atoms with Crippen LogP contribution in [0.1, 0.15) is 22.3 Å². The molecule has 0 saturated carbocycles.